The number of hydrogen-bond donors (Lipinski definition) is 0. The topological polar surface area (TPSA) is 43.4 Å². The Bertz CT molecular complexity index is 586. The average Bonchev–Trinajstić information content (AvgIpc) is 3.03. The normalized spacial score (nSPS) is 49.0. The van der Waals surface area contributed by atoms with Gasteiger partial charge in [0.25, 0.3) is 0 Å². The molecule has 3 nitrogen and oxygen atoms in total. The molecule has 0 amide bonds. The third-order valence-corrected chi connectivity index (χ3v) is 9.50. The monoisotopic (exact) mass is 374 g/mol. The summed E-state index contributed by atoms with van der Waals surface area (Å²) in [5, 5.41) is 0. The largest absolute Gasteiger partial charge is 0.381 e. The number of ether oxygens (including phenoxy) is 1. The molecule has 0 bridgehead atoms. The van der Waals surface area contributed by atoms with E-state index in [9.17, 15) is 9.59 Å². The van der Waals surface area contributed by atoms with Crippen LogP contribution in [0.5, 0.6) is 0 Å². The van der Waals surface area contributed by atoms with Gasteiger partial charge in [0.1, 0.15) is 12.1 Å². The van der Waals surface area contributed by atoms with Gasteiger partial charge in [-0.15, -0.1) is 0 Å². The molecule has 0 N–H and O–H groups in total. The molecule has 4 saturated carbocycles. The van der Waals surface area contributed by atoms with E-state index in [-0.39, 0.29) is 10.8 Å². The molecule has 4 aliphatic rings. The molecule has 0 aromatic heterocycles. The molecular formula is C24H38O3. The van der Waals surface area contributed by atoms with Crippen LogP contribution in [0.4, 0.5) is 0 Å². The van der Waals surface area contributed by atoms with Crippen LogP contribution in [0.25, 0.3) is 0 Å². The first-order valence-corrected chi connectivity index (χ1v) is 11.5. The molecule has 0 aromatic rings. The first-order chi connectivity index (χ1) is 12.9. The summed E-state index contributed by atoms with van der Waals surface area (Å²) in [7, 11) is 0. The molecule has 4 aliphatic carbocycles. The predicted molar refractivity (Wildman–Crippen MR) is 106 cm³/mol. The summed E-state index contributed by atoms with van der Waals surface area (Å²) in [6.45, 7) is 7.58. The number of Topliss-reactive ketones (excluding diaryl/α,β-unsaturated/α-hetero) is 1. The molecule has 4 fully saturated rings. The maximum Gasteiger partial charge on any atom is 0.133 e. The highest BCUT2D eigenvalue weighted by atomic mass is 16.5. The van der Waals surface area contributed by atoms with Crippen molar-refractivity contribution in [3.63, 3.8) is 0 Å². The summed E-state index contributed by atoms with van der Waals surface area (Å²) in [6, 6.07) is 0. The third-order valence-electron chi connectivity index (χ3n) is 9.50. The highest BCUT2D eigenvalue weighted by Gasteiger charge is 2.58. The van der Waals surface area contributed by atoms with Crippen LogP contribution in [0.15, 0.2) is 0 Å². The van der Waals surface area contributed by atoms with Crippen molar-refractivity contribution in [2.75, 3.05) is 13.2 Å². The van der Waals surface area contributed by atoms with Gasteiger partial charge in [-0.1, -0.05) is 6.92 Å². The Morgan fingerprint density at radius 2 is 1.81 bits per heavy atom. The second-order valence-corrected chi connectivity index (χ2v) is 10.6. The number of rotatable bonds is 5. The second-order valence-electron chi connectivity index (χ2n) is 10.6. The number of fused-ring (bicyclic) bond motifs is 5. The first kappa shape index (κ1) is 19.6. The molecule has 0 unspecified atom stereocenters. The van der Waals surface area contributed by atoms with Gasteiger partial charge in [0.2, 0.25) is 0 Å². The van der Waals surface area contributed by atoms with E-state index in [1.807, 2.05) is 13.8 Å². The van der Waals surface area contributed by atoms with Crippen molar-refractivity contribution in [2.45, 2.75) is 78.6 Å². The lowest BCUT2D eigenvalue weighted by Crippen LogP contribution is -2.51. The highest BCUT2D eigenvalue weighted by Crippen LogP contribution is 2.65. The van der Waals surface area contributed by atoms with E-state index >= 15 is 0 Å². The maximum atomic E-state index is 12.2. The second kappa shape index (κ2) is 7.28. The van der Waals surface area contributed by atoms with Crippen molar-refractivity contribution in [3.8, 4) is 0 Å². The predicted octanol–water partition coefficient (Wildman–Crippen LogP) is 5.07. The van der Waals surface area contributed by atoms with Crippen LogP contribution in [-0.4, -0.2) is 25.3 Å². The van der Waals surface area contributed by atoms with Gasteiger partial charge in [0.05, 0.1) is 6.61 Å². The molecule has 0 heterocycles. The van der Waals surface area contributed by atoms with Gasteiger partial charge in [-0.2, -0.15) is 0 Å². The van der Waals surface area contributed by atoms with Crippen molar-refractivity contribution in [3.05, 3.63) is 0 Å². The van der Waals surface area contributed by atoms with Gasteiger partial charge in [0.15, 0.2) is 0 Å². The maximum absolute atomic E-state index is 12.2. The summed E-state index contributed by atoms with van der Waals surface area (Å²) in [5.41, 5.74) is 0.0380. The Morgan fingerprint density at radius 3 is 2.52 bits per heavy atom. The minimum atomic E-state index is -0.222. The van der Waals surface area contributed by atoms with E-state index in [4.69, 9.17) is 4.74 Å². The van der Waals surface area contributed by atoms with E-state index in [0.29, 0.717) is 30.8 Å². The molecule has 3 heteroatoms. The highest BCUT2D eigenvalue weighted by molar-refractivity contribution is 5.79. The molecule has 4 rings (SSSR count). The molecule has 0 saturated heterocycles. The molecule has 0 spiro atoms. The van der Waals surface area contributed by atoms with E-state index in [1.54, 1.807) is 0 Å². The molecular weight excluding hydrogens is 336 g/mol. The Morgan fingerprint density at radius 1 is 1.04 bits per heavy atom. The van der Waals surface area contributed by atoms with Crippen LogP contribution < -0.4 is 0 Å². The van der Waals surface area contributed by atoms with Crippen LogP contribution in [0.1, 0.15) is 78.6 Å². The smallest absolute Gasteiger partial charge is 0.133 e. The van der Waals surface area contributed by atoms with E-state index in [2.05, 4.69) is 6.92 Å². The van der Waals surface area contributed by atoms with Gasteiger partial charge in [-0.25, -0.2) is 0 Å². The van der Waals surface area contributed by atoms with Crippen molar-refractivity contribution < 1.29 is 14.3 Å². The number of aldehydes is 1. The summed E-state index contributed by atoms with van der Waals surface area (Å²) in [4.78, 5) is 24.2. The molecule has 0 radical (unpaired) electrons. The Balaban J connectivity index is 1.49. The fourth-order valence-electron chi connectivity index (χ4n) is 8.26. The van der Waals surface area contributed by atoms with E-state index < -0.39 is 0 Å². The van der Waals surface area contributed by atoms with Crippen LogP contribution in [0.3, 0.4) is 0 Å². The van der Waals surface area contributed by atoms with Gasteiger partial charge in [0, 0.05) is 17.9 Å². The molecule has 152 valence electrons. The first-order valence-electron chi connectivity index (χ1n) is 11.5. The Hall–Kier alpha value is -0.700. The van der Waals surface area contributed by atoms with Crippen LogP contribution in [0, 0.1) is 46.3 Å². The van der Waals surface area contributed by atoms with Crippen molar-refractivity contribution in [1.82, 2.24) is 0 Å². The Kier molecular flexibility index (Phi) is 5.29. The summed E-state index contributed by atoms with van der Waals surface area (Å²) in [5.74, 6) is 4.67. The number of hydrogen-bond acceptors (Lipinski definition) is 3. The summed E-state index contributed by atoms with van der Waals surface area (Å²) in [6.07, 6.45) is 12.0. The van der Waals surface area contributed by atoms with Gasteiger partial charge in [-0.3, -0.25) is 4.79 Å². The summed E-state index contributed by atoms with van der Waals surface area (Å²) >= 11 is 0. The molecule has 27 heavy (non-hydrogen) atoms. The summed E-state index contributed by atoms with van der Waals surface area (Å²) < 4.78 is 5.69. The fourth-order valence-corrected chi connectivity index (χ4v) is 8.26. The van der Waals surface area contributed by atoms with Gasteiger partial charge < -0.3 is 9.53 Å². The van der Waals surface area contributed by atoms with Crippen LogP contribution in [-0.2, 0) is 14.3 Å². The van der Waals surface area contributed by atoms with Crippen molar-refractivity contribution in [2.24, 2.45) is 46.3 Å². The Labute approximate surface area is 165 Å². The van der Waals surface area contributed by atoms with Gasteiger partial charge in [-0.05, 0) is 107 Å². The van der Waals surface area contributed by atoms with Crippen LogP contribution >= 0.6 is 0 Å². The van der Waals surface area contributed by atoms with E-state index in [0.717, 1.165) is 42.9 Å². The number of carbonyl (C=O) groups is 2. The van der Waals surface area contributed by atoms with Crippen LogP contribution in [0.2, 0.25) is 0 Å². The SMILES string of the molecule is CCOC[C@@]1(C=O)CC[C@H]2[C@H](CC[C@@H]3[C@@H]2CC[C@]2(C)[C@@H](C(C)=O)CC[C@@H]32)C1. The zero-order valence-electron chi connectivity index (χ0n) is 17.5. The number of carbonyl (C=O) groups excluding carboxylic acids is 2. The number of ketones is 1. The van der Waals surface area contributed by atoms with E-state index in [1.165, 1.54) is 44.8 Å². The standard InChI is InChI=1S/C24H38O3/c1-4-27-15-24(14-25)12-10-18-17(13-24)5-6-20-19(18)9-11-23(3)21(16(2)26)7-8-22(20)23/h14,17-22H,4-13,15H2,1-3H3/t17-,18+,19-,20-,21-,22+,23-,24+/m1/s1. The lowest BCUT2D eigenvalue weighted by Gasteiger charge is -2.57. The third kappa shape index (κ3) is 3.12. The van der Waals surface area contributed by atoms with Crippen molar-refractivity contribution >= 4 is 12.1 Å². The molecule has 0 aromatic carbocycles. The van der Waals surface area contributed by atoms with Crippen molar-refractivity contribution in [1.29, 1.82) is 0 Å². The lowest BCUT2D eigenvalue weighted by atomic mass is 9.48. The fraction of sp³-hybridized carbons (Fsp3) is 0.917. The minimum absolute atomic E-state index is 0.222. The molecule has 8 atom stereocenters. The molecule has 0 aliphatic heterocycles. The lowest BCUT2D eigenvalue weighted by molar-refractivity contribution is -0.133. The van der Waals surface area contributed by atoms with Gasteiger partial charge >= 0.3 is 0 Å². The quantitative estimate of drug-likeness (QED) is 0.631. The minimum Gasteiger partial charge on any atom is -0.381 e. The average molecular weight is 375 g/mol. The zero-order valence-corrected chi connectivity index (χ0v) is 17.5. The zero-order chi connectivity index (χ0) is 19.2.